The Labute approximate surface area is 101 Å². The summed E-state index contributed by atoms with van der Waals surface area (Å²) in [5, 5.41) is 1.15. The molecule has 0 atom stereocenters. The van der Waals surface area contributed by atoms with E-state index in [9.17, 15) is 0 Å². The minimum atomic E-state index is -3.36. The van der Waals surface area contributed by atoms with Crippen LogP contribution in [0, 0.1) is 0 Å². The maximum absolute atomic E-state index is 6.23. The van der Waals surface area contributed by atoms with Crippen LogP contribution in [0.25, 0.3) is 0 Å². The molecule has 92 valence electrons. The number of nitrogens with zero attached hydrogens (tertiary/aromatic N) is 1. The van der Waals surface area contributed by atoms with Crippen molar-refractivity contribution < 1.29 is 17.4 Å². The van der Waals surface area contributed by atoms with E-state index in [1.807, 2.05) is 6.07 Å². The molecule has 4 nitrogen and oxygen atoms in total. The van der Waals surface area contributed by atoms with E-state index in [4.69, 9.17) is 13.3 Å². The number of rotatable bonds is 1. The van der Waals surface area contributed by atoms with Crippen molar-refractivity contribution in [2.75, 3.05) is 39.5 Å². The molecule has 0 amide bonds. The van der Waals surface area contributed by atoms with Crippen molar-refractivity contribution in [1.29, 1.82) is 0 Å². The van der Waals surface area contributed by atoms with E-state index in [1.165, 1.54) is 0 Å². The summed E-state index contributed by atoms with van der Waals surface area (Å²) in [7, 11) is -3.36. The zero-order valence-electron chi connectivity index (χ0n) is 9.80. The average Bonchev–Trinajstić information content (AvgIpc) is 2.89. The van der Waals surface area contributed by atoms with Gasteiger partial charge in [-0.1, -0.05) is 0 Å². The molecule has 5 heteroatoms. The summed E-state index contributed by atoms with van der Waals surface area (Å²) in [5.74, 6) is 0. The quantitative estimate of drug-likeness (QED) is 0.667. The van der Waals surface area contributed by atoms with E-state index in [0.29, 0.717) is 0 Å². The fourth-order valence-electron chi connectivity index (χ4n) is 3.89. The first-order chi connectivity index (χ1) is 8.31. The predicted octanol–water partition coefficient (Wildman–Crippen LogP) is 0.191. The second-order valence-corrected chi connectivity index (χ2v) is 9.45. The molecule has 3 aliphatic heterocycles. The average molecular weight is 251 g/mol. The Bertz CT molecular complexity index is 432. The van der Waals surface area contributed by atoms with Gasteiger partial charge in [-0.05, 0) is 0 Å². The zero-order valence-corrected chi connectivity index (χ0v) is 10.8. The monoisotopic (exact) mass is 251 g/mol. The van der Waals surface area contributed by atoms with Crippen LogP contribution in [0.15, 0.2) is 30.3 Å². The number of hydrogen-bond donors (Lipinski definition) is 0. The second kappa shape index (κ2) is 2.99. The van der Waals surface area contributed by atoms with Crippen molar-refractivity contribution in [3.8, 4) is 0 Å². The summed E-state index contributed by atoms with van der Waals surface area (Å²) in [5.41, 5.74) is 0. The molecule has 0 radical (unpaired) electrons. The fraction of sp³-hybridized carbons (Fsp3) is 0.500. The van der Waals surface area contributed by atoms with Crippen LogP contribution < -0.4 is 5.19 Å². The predicted molar refractivity (Wildman–Crippen MR) is 64.5 cm³/mol. The Morgan fingerprint density at radius 3 is 1.88 bits per heavy atom. The van der Waals surface area contributed by atoms with E-state index in [0.717, 1.165) is 48.8 Å². The van der Waals surface area contributed by atoms with Crippen LogP contribution in [0.2, 0.25) is 0 Å². The summed E-state index contributed by atoms with van der Waals surface area (Å²) < 4.78 is 19.6. The third-order valence-electron chi connectivity index (χ3n) is 4.70. The van der Waals surface area contributed by atoms with Crippen molar-refractivity contribution in [3.63, 3.8) is 0 Å². The summed E-state index contributed by atoms with van der Waals surface area (Å²) in [6.45, 7) is 5.43. The molecule has 0 saturated carbocycles. The van der Waals surface area contributed by atoms with Gasteiger partial charge in [-0.25, -0.2) is 0 Å². The van der Waals surface area contributed by atoms with Crippen molar-refractivity contribution in [2.24, 2.45) is 0 Å². The van der Waals surface area contributed by atoms with Crippen LogP contribution in [-0.4, -0.2) is 51.8 Å². The standard InChI is InChI=1S/C12H17NO3Si/c1-2-4-12(5-3-1)17-13(6-9-14-17,7-10-15-17)8-11-16-17/h1-5H,6-11H2. The molecule has 0 N–H and O–H groups in total. The zero-order chi connectivity index (χ0) is 11.4. The van der Waals surface area contributed by atoms with Crippen LogP contribution >= 0.6 is 0 Å². The normalized spacial score (nSPS) is 39.2. The van der Waals surface area contributed by atoms with Gasteiger partial charge in [0.25, 0.3) is 0 Å². The molecule has 3 heterocycles. The fourth-order valence-corrected chi connectivity index (χ4v) is 9.55. The first kappa shape index (κ1) is 10.2. The molecule has 0 aliphatic carbocycles. The van der Waals surface area contributed by atoms with E-state index >= 15 is 0 Å². The minimum absolute atomic E-state index is 0.767. The molecule has 3 fully saturated rings. The third kappa shape index (κ3) is 0.914. The van der Waals surface area contributed by atoms with Crippen LogP contribution in [0.4, 0.5) is 0 Å². The summed E-state index contributed by atoms with van der Waals surface area (Å²) >= 11 is 0. The van der Waals surface area contributed by atoms with Gasteiger partial charge in [0, 0.05) is 0 Å². The maximum atomic E-state index is 6.23. The molecular formula is C12H17NO3Si. The van der Waals surface area contributed by atoms with E-state index < -0.39 is 8.24 Å². The second-order valence-electron chi connectivity index (χ2n) is 5.17. The van der Waals surface area contributed by atoms with Crippen molar-refractivity contribution in [2.45, 2.75) is 0 Å². The number of quaternary nitrogens is 1. The number of benzene rings is 1. The van der Waals surface area contributed by atoms with E-state index in [2.05, 4.69) is 24.3 Å². The van der Waals surface area contributed by atoms with Crippen LogP contribution in [0.5, 0.6) is 0 Å². The van der Waals surface area contributed by atoms with Crippen molar-refractivity contribution in [1.82, 2.24) is 0 Å². The Balaban J connectivity index is 2.00. The molecule has 3 saturated heterocycles. The van der Waals surface area contributed by atoms with E-state index in [-0.39, 0.29) is 0 Å². The molecule has 0 spiro atoms. The molecule has 0 bridgehead atoms. The molecule has 4 rings (SSSR count). The molecule has 0 aromatic heterocycles. The summed E-state index contributed by atoms with van der Waals surface area (Å²) in [6, 6.07) is 10.4. The summed E-state index contributed by atoms with van der Waals surface area (Å²) in [6.07, 6.45) is 0. The Kier molecular flexibility index (Phi) is 1.80. The third-order valence-corrected chi connectivity index (χ3v) is 10.4. The van der Waals surface area contributed by atoms with E-state index in [1.54, 1.807) is 0 Å². The van der Waals surface area contributed by atoms with Crippen molar-refractivity contribution >= 4 is 13.4 Å². The molecule has 0 unspecified atom stereocenters. The molecule has 17 heavy (non-hydrogen) atoms. The van der Waals surface area contributed by atoms with Gasteiger partial charge in [-0.2, -0.15) is 0 Å². The van der Waals surface area contributed by atoms with Crippen molar-refractivity contribution in [3.05, 3.63) is 30.3 Å². The first-order valence-corrected chi connectivity index (χ1v) is 8.48. The SMILES string of the molecule is c1ccc([Si-]234OCC[N+]2(CCO3)CCO4)cc1. The van der Waals surface area contributed by atoms with Gasteiger partial charge >= 0.3 is 101 Å². The summed E-state index contributed by atoms with van der Waals surface area (Å²) in [4.78, 5) is 0. The molecule has 3 aliphatic rings. The van der Waals surface area contributed by atoms with Gasteiger partial charge in [0.2, 0.25) is 0 Å². The number of hydrogen-bond acceptors (Lipinski definition) is 3. The van der Waals surface area contributed by atoms with Gasteiger partial charge in [0.1, 0.15) is 0 Å². The molecule has 1 aromatic carbocycles. The Morgan fingerprint density at radius 1 is 0.824 bits per heavy atom. The Hall–Kier alpha value is -0.723. The Morgan fingerprint density at radius 2 is 1.35 bits per heavy atom. The first-order valence-electron chi connectivity index (χ1n) is 6.31. The van der Waals surface area contributed by atoms with Crippen LogP contribution in [0.3, 0.4) is 0 Å². The van der Waals surface area contributed by atoms with Crippen LogP contribution in [-0.2, 0) is 13.3 Å². The molecular weight excluding hydrogens is 234 g/mol. The van der Waals surface area contributed by atoms with Gasteiger partial charge in [-0.15, -0.1) is 0 Å². The topological polar surface area (TPSA) is 27.7 Å². The van der Waals surface area contributed by atoms with Gasteiger partial charge in [-0.3, -0.25) is 0 Å². The van der Waals surface area contributed by atoms with Gasteiger partial charge in [0.15, 0.2) is 0 Å². The van der Waals surface area contributed by atoms with Gasteiger partial charge < -0.3 is 0 Å². The molecule has 1 aromatic rings. The van der Waals surface area contributed by atoms with Gasteiger partial charge in [0.05, 0.1) is 0 Å². The van der Waals surface area contributed by atoms with Crippen LogP contribution in [0.1, 0.15) is 0 Å².